The number of nitrogens with zero attached hydrogens (tertiary/aromatic N) is 5. The summed E-state index contributed by atoms with van der Waals surface area (Å²) in [5, 5.41) is 38.6. The summed E-state index contributed by atoms with van der Waals surface area (Å²) in [7, 11) is 0. The van der Waals surface area contributed by atoms with Gasteiger partial charge in [-0.05, 0) is 121 Å². The molecule has 470 valence electrons. The van der Waals surface area contributed by atoms with Crippen molar-refractivity contribution in [2.75, 3.05) is 83.9 Å². The van der Waals surface area contributed by atoms with Gasteiger partial charge in [0, 0.05) is 99.2 Å². The van der Waals surface area contributed by atoms with Crippen LogP contribution in [-0.2, 0) is 57.9 Å². The Hall–Kier alpha value is -7.38. The summed E-state index contributed by atoms with van der Waals surface area (Å²) in [5.74, 6) is -6.47. The van der Waals surface area contributed by atoms with Crippen LogP contribution in [0, 0.1) is 3.57 Å². The largest absolute Gasteiger partial charge is 0.481 e. The zero-order valence-corrected chi connectivity index (χ0v) is 51.3. The molecule has 1 aliphatic heterocycles. The van der Waals surface area contributed by atoms with Crippen molar-refractivity contribution in [2.45, 2.75) is 108 Å². The molecule has 8 amide bonds. The molecule has 1 fully saturated rings. The number of carbonyl (C=O) groups excluding carboxylic acids is 7. The van der Waals surface area contributed by atoms with Crippen LogP contribution in [0.4, 0.5) is 10.5 Å². The van der Waals surface area contributed by atoms with Gasteiger partial charge in [-0.2, -0.15) is 0 Å². The van der Waals surface area contributed by atoms with E-state index in [9.17, 15) is 58.2 Å². The fourth-order valence-corrected chi connectivity index (χ4v) is 10.3. The molecule has 1 saturated heterocycles. The number of aliphatic carboxylic acids is 3. The number of anilines is 1. The van der Waals surface area contributed by atoms with E-state index < -0.39 is 66.1 Å². The van der Waals surface area contributed by atoms with Crippen LogP contribution in [-0.4, -0.2) is 201 Å². The van der Waals surface area contributed by atoms with Gasteiger partial charge in [-0.1, -0.05) is 67.9 Å². The average molecular weight is 1330 g/mol. The number of nitrogens with two attached hydrogens (primary N) is 4. The maximum atomic E-state index is 13.9. The minimum atomic E-state index is -1.52. The lowest BCUT2D eigenvalue weighted by Crippen LogP contribution is -2.54. The van der Waals surface area contributed by atoms with Crippen molar-refractivity contribution in [3.05, 3.63) is 98.6 Å². The number of carboxylic acid groups (broad SMARTS) is 3. The Morgan fingerprint density at radius 3 is 1.66 bits per heavy atom. The van der Waals surface area contributed by atoms with Crippen LogP contribution in [0.15, 0.2) is 72.8 Å². The lowest BCUT2D eigenvalue weighted by atomic mass is 10.0. The van der Waals surface area contributed by atoms with Gasteiger partial charge in [0.1, 0.15) is 12.1 Å². The summed E-state index contributed by atoms with van der Waals surface area (Å²) in [6, 6.07) is 18.3. The Labute approximate surface area is 519 Å². The molecule has 86 heavy (non-hydrogen) atoms. The van der Waals surface area contributed by atoms with Gasteiger partial charge in [0.2, 0.25) is 29.5 Å². The lowest BCUT2D eigenvalue weighted by molar-refractivity contribution is -0.141. The molecule has 0 saturated carbocycles. The summed E-state index contributed by atoms with van der Waals surface area (Å²) in [6.07, 6.45) is 4.05. The highest BCUT2D eigenvalue weighted by molar-refractivity contribution is 14.1. The number of thiocarbonyl (C=S) groups is 1. The van der Waals surface area contributed by atoms with Crippen molar-refractivity contribution in [3.8, 4) is 0 Å². The Kier molecular flexibility index (Phi) is 31.4. The number of urea groups is 1. The van der Waals surface area contributed by atoms with E-state index in [2.05, 4.69) is 43.9 Å². The molecule has 0 spiro atoms. The number of benzene rings is 3. The smallest absolute Gasteiger partial charge is 0.326 e. The molecular formula is C58H82IN13O13S. The first kappa shape index (κ1) is 71.1. The summed E-state index contributed by atoms with van der Waals surface area (Å²) in [5.41, 5.74) is 26.4. The van der Waals surface area contributed by atoms with Crippen molar-refractivity contribution in [1.29, 1.82) is 0 Å². The monoisotopic (exact) mass is 1330 g/mol. The van der Waals surface area contributed by atoms with Crippen LogP contribution >= 0.6 is 34.8 Å². The third-order valence-electron chi connectivity index (χ3n) is 14.2. The molecule has 1 aliphatic rings. The predicted octanol–water partition coefficient (Wildman–Crippen LogP) is 1.64. The highest BCUT2D eigenvalue weighted by Crippen LogP contribution is 2.19. The molecule has 3 aromatic carbocycles. The molecule has 3 aromatic rings. The molecule has 15 N–H and O–H groups in total. The molecule has 0 aromatic heterocycles. The Morgan fingerprint density at radius 1 is 0.581 bits per heavy atom. The van der Waals surface area contributed by atoms with Gasteiger partial charge in [0.25, 0.3) is 5.91 Å². The summed E-state index contributed by atoms with van der Waals surface area (Å²) >= 11 is 7.87. The van der Waals surface area contributed by atoms with Crippen LogP contribution in [0.2, 0.25) is 0 Å². The van der Waals surface area contributed by atoms with Crippen molar-refractivity contribution >= 4 is 105 Å². The van der Waals surface area contributed by atoms with Crippen molar-refractivity contribution in [2.24, 2.45) is 22.9 Å². The zero-order chi connectivity index (χ0) is 63.1. The van der Waals surface area contributed by atoms with Gasteiger partial charge in [-0.3, -0.25) is 53.2 Å². The van der Waals surface area contributed by atoms with E-state index in [4.69, 9.17) is 40.3 Å². The van der Waals surface area contributed by atoms with Crippen LogP contribution in [0.5, 0.6) is 0 Å². The third kappa shape index (κ3) is 28.7. The van der Waals surface area contributed by atoms with Crippen LogP contribution in [0.25, 0.3) is 0 Å². The first-order chi connectivity index (χ1) is 40.9. The second-order valence-electron chi connectivity index (χ2n) is 21.3. The highest BCUT2D eigenvalue weighted by Gasteiger charge is 2.28. The summed E-state index contributed by atoms with van der Waals surface area (Å²) < 4.78 is 1.03. The van der Waals surface area contributed by atoms with Gasteiger partial charge in [0.05, 0.1) is 31.2 Å². The maximum Gasteiger partial charge on any atom is 0.326 e. The molecule has 0 aliphatic carbocycles. The van der Waals surface area contributed by atoms with Crippen molar-refractivity contribution < 1.29 is 63.3 Å². The van der Waals surface area contributed by atoms with E-state index in [1.54, 1.807) is 29.2 Å². The number of carbonyl (C=O) groups is 10. The van der Waals surface area contributed by atoms with Crippen LogP contribution in [0.1, 0.15) is 97.7 Å². The number of nitrogens with one attached hydrogen (secondary N) is 4. The molecule has 3 atom stereocenters. The maximum absolute atomic E-state index is 13.9. The predicted molar refractivity (Wildman–Crippen MR) is 333 cm³/mol. The molecule has 1 heterocycles. The number of carboxylic acids is 3. The number of unbranched alkanes of at least 4 members (excludes halogenated alkanes) is 4. The van der Waals surface area contributed by atoms with E-state index in [0.29, 0.717) is 114 Å². The van der Waals surface area contributed by atoms with Crippen LogP contribution in [0.3, 0.4) is 0 Å². The Morgan fingerprint density at radius 2 is 1.09 bits per heavy atom. The topological polar surface area (TPSA) is 400 Å². The second kappa shape index (κ2) is 37.9. The van der Waals surface area contributed by atoms with Crippen molar-refractivity contribution in [3.63, 3.8) is 0 Å². The van der Waals surface area contributed by atoms with Gasteiger partial charge in [0.15, 0.2) is 0 Å². The molecule has 26 nitrogen and oxygen atoms in total. The number of amides is 8. The zero-order valence-electron chi connectivity index (χ0n) is 48.3. The number of primary amides is 4. The molecule has 1 unspecified atom stereocenters. The first-order valence-electron chi connectivity index (χ1n) is 28.5. The molecule has 4 rings (SSSR count). The number of hydrogen-bond donors (Lipinski definition) is 11. The SMILES string of the molecule is NC(=O)CN1CCN(CC(N)=O)CCN(CC(N)=O)C(Cc2ccc(NC(=S)CCCCCC(=O)NCc3ccc(C(=O)N(CCCCC[C@@H](NC(=O)N[C@H](CCC(=O)O)C(=O)O)C(=O)O)Cc4ccc(I)cc4)cc3)cc2)CN(CC(N)=O)CC1. The number of rotatable bonds is 35. The van der Waals surface area contributed by atoms with E-state index in [1.807, 2.05) is 68.1 Å². The normalized spacial score (nSPS) is 15.3. The van der Waals surface area contributed by atoms with Gasteiger partial charge >= 0.3 is 23.9 Å². The molecular weight excluding hydrogens is 1250 g/mol. The molecule has 0 radical (unpaired) electrons. The van der Waals surface area contributed by atoms with E-state index >= 15 is 0 Å². The van der Waals surface area contributed by atoms with E-state index in [-0.39, 0.29) is 63.4 Å². The lowest BCUT2D eigenvalue weighted by Gasteiger charge is -2.38. The summed E-state index contributed by atoms with van der Waals surface area (Å²) in [6.45, 7) is 3.36. The van der Waals surface area contributed by atoms with E-state index in [0.717, 1.165) is 38.8 Å². The fourth-order valence-electron chi connectivity index (χ4n) is 9.71. The average Bonchev–Trinajstić information content (AvgIpc) is 3.26. The molecule has 0 bridgehead atoms. The highest BCUT2D eigenvalue weighted by atomic mass is 127. The van der Waals surface area contributed by atoms with Gasteiger partial charge in [-0.15, -0.1) is 0 Å². The van der Waals surface area contributed by atoms with Crippen molar-refractivity contribution in [1.82, 2.24) is 40.4 Å². The minimum Gasteiger partial charge on any atom is -0.481 e. The molecule has 28 heteroatoms. The summed E-state index contributed by atoms with van der Waals surface area (Å²) in [4.78, 5) is 132. The van der Waals surface area contributed by atoms with Gasteiger partial charge in [-0.25, -0.2) is 14.4 Å². The Bertz CT molecular complexity index is 2760. The Balaban J connectivity index is 1.24. The fraction of sp³-hybridized carbons (Fsp3) is 0.500. The third-order valence-corrected chi connectivity index (χ3v) is 15.2. The number of hydrogen-bond acceptors (Lipinski definition) is 15. The second-order valence-corrected chi connectivity index (χ2v) is 23.0. The van der Waals surface area contributed by atoms with Crippen LogP contribution < -0.4 is 44.2 Å². The van der Waals surface area contributed by atoms with E-state index in [1.165, 1.54) is 0 Å². The standard InChI is InChI=1S/C58H82IN13O13S/c59-43-18-12-41(13-19-43)33-72(24-6-2-3-7-46(56(81)82)66-58(85)67-47(57(83)84)22-23-54(78)79)55(80)42-16-10-40(11-17-42)32-64-52(77)8-4-1-5-9-53(86)65-44-20-14-39(15-21-44)31-45-34-70(37-50(62)75)28-27-68(35-48(60)73)25-26-69(36-49(61)74)29-30-71(45)38-51(63)76/h10-21,45-47H,1-9,22-38H2,(H2,60,73)(H2,61,74)(H2,62,75)(H2,63,76)(H,64,77)(H,65,86)(H,78,79)(H,81,82)(H,83,84)(H2,66,67,85)/t45?,46-,47-/m1/s1. The first-order valence-corrected chi connectivity index (χ1v) is 30.0. The minimum absolute atomic E-state index is 0.0177. The van der Waals surface area contributed by atoms with Gasteiger partial charge < -0.3 is 64.4 Å². The number of halogens is 1. The quantitative estimate of drug-likeness (QED) is 0.0226.